The maximum Gasteiger partial charge on any atom is 0.323 e. The molecule has 1 heterocycles. The van der Waals surface area contributed by atoms with Gasteiger partial charge in [0.2, 0.25) is 0 Å². The third-order valence-electron chi connectivity index (χ3n) is 2.89. The third-order valence-corrected chi connectivity index (χ3v) is 2.89. The van der Waals surface area contributed by atoms with E-state index >= 15 is 0 Å². The summed E-state index contributed by atoms with van der Waals surface area (Å²) in [6.07, 6.45) is -0.322. The van der Waals surface area contributed by atoms with Crippen LogP contribution in [0.1, 0.15) is 24.2 Å². The van der Waals surface area contributed by atoms with Crippen LogP contribution in [0.15, 0.2) is 18.2 Å². The number of aliphatic hydroxyl groups excluding tert-OH is 1. The molecule has 5 heteroatoms. The Morgan fingerprint density at radius 3 is 2.94 bits per heavy atom. The number of hydrogen-bond donors (Lipinski definition) is 3. The number of ether oxygens (including phenoxy) is 1. The van der Waals surface area contributed by atoms with Gasteiger partial charge < -0.3 is 20.7 Å². The molecule has 0 spiro atoms. The molecule has 4 N–H and O–H groups in total. The summed E-state index contributed by atoms with van der Waals surface area (Å²) in [5.41, 5.74) is 6.87. The second kappa shape index (κ2) is 4.35. The lowest BCUT2D eigenvalue weighted by atomic mass is 9.99. The number of carboxylic acids is 1. The predicted molar refractivity (Wildman–Crippen MR) is 60.8 cm³/mol. The van der Waals surface area contributed by atoms with Crippen molar-refractivity contribution >= 4 is 5.97 Å². The van der Waals surface area contributed by atoms with Crippen molar-refractivity contribution in [3.05, 3.63) is 29.3 Å². The molecule has 0 aliphatic carbocycles. The SMILES string of the molecule is CC1Cc2cc(C(O)C(N)C(=O)O)ccc2O1. The van der Waals surface area contributed by atoms with Gasteiger partial charge in [-0.3, -0.25) is 4.79 Å². The first-order chi connectivity index (χ1) is 7.99. The van der Waals surface area contributed by atoms with E-state index in [1.807, 2.05) is 6.92 Å². The lowest BCUT2D eigenvalue weighted by Crippen LogP contribution is -2.36. The predicted octanol–water partition coefficient (Wildman–Crippen LogP) is 0.455. The summed E-state index contributed by atoms with van der Waals surface area (Å²) in [6, 6.07) is 3.83. The number of rotatable bonds is 3. The van der Waals surface area contributed by atoms with Crippen molar-refractivity contribution in [2.45, 2.75) is 31.6 Å². The number of aliphatic carboxylic acids is 1. The normalized spacial score (nSPS) is 21.5. The highest BCUT2D eigenvalue weighted by molar-refractivity contribution is 5.74. The monoisotopic (exact) mass is 237 g/mol. The van der Waals surface area contributed by atoms with E-state index in [4.69, 9.17) is 15.6 Å². The molecule has 5 nitrogen and oxygen atoms in total. The lowest BCUT2D eigenvalue weighted by molar-refractivity contribution is -0.141. The Balaban J connectivity index is 2.24. The average Bonchev–Trinajstić information content (AvgIpc) is 2.65. The number of hydrogen-bond acceptors (Lipinski definition) is 4. The molecule has 0 saturated carbocycles. The standard InChI is InChI=1S/C12H15NO4/c1-6-4-8-5-7(2-3-9(8)17-6)11(14)10(13)12(15)16/h2-3,5-6,10-11,14H,4,13H2,1H3,(H,15,16). The van der Waals surface area contributed by atoms with Crippen molar-refractivity contribution in [3.8, 4) is 5.75 Å². The van der Waals surface area contributed by atoms with Crippen LogP contribution in [0, 0.1) is 0 Å². The molecule has 3 atom stereocenters. The highest BCUT2D eigenvalue weighted by Gasteiger charge is 2.26. The van der Waals surface area contributed by atoms with E-state index in [2.05, 4.69) is 0 Å². The zero-order valence-corrected chi connectivity index (χ0v) is 9.46. The van der Waals surface area contributed by atoms with E-state index < -0.39 is 18.1 Å². The van der Waals surface area contributed by atoms with Crippen LogP contribution in [0.2, 0.25) is 0 Å². The van der Waals surface area contributed by atoms with Gasteiger partial charge in [0.15, 0.2) is 0 Å². The van der Waals surface area contributed by atoms with Gasteiger partial charge in [-0.2, -0.15) is 0 Å². The van der Waals surface area contributed by atoms with Gasteiger partial charge in [-0.25, -0.2) is 0 Å². The molecule has 1 aliphatic heterocycles. The topological polar surface area (TPSA) is 92.8 Å². The van der Waals surface area contributed by atoms with Crippen LogP contribution in [0.3, 0.4) is 0 Å². The van der Waals surface area contributed by atoms with Crippen LogP contribution in [-0.4, -0.2) is 28.3 Å². The zero-order chi connectivity index (χ0) is 12.6. The molecular formula is C12H15NO4. The third kappa shape index (κ3) is 2.25. The van der Waals surface area contributed by atoms with Crippen molar-refractivity contribution < 1.29 is 19.7 Å². The Morgan fingerprint density at radius 2 is 2.29 bits per heavy atom. The minimum atomic E-state index is -1.31. The first kappa shape index (κ1) is 11.9. The van der Waals surface area contributed by atoms with E-state index in [1.54, 1.807) is 18.2 Å². The molecule has 17 heavy (non-hydrogen) atoms. The molecule has 92 valence electrons. The zero-order valence-electron chi connectivity index (χ0n) is 9.46. The molecule has 0 radical (unpaired) electrons. The van der Waals surface area contributed by atoms with E-state index in [1.165, 1.54) is 0 Å². The van der Waals surface area contributed by atoms with Crippen LogP contribution in [0.25, 0.3) is 0 Å². The molecule has 2 rings (SSSR count). The van der Waals surface area contributed by atoms with E-state index in [-0.39, 0.29) is 6.10 Å². The molecule has 1 aliphatic rings. The summed E-state index contributed by atoms with van der Waals surface area (Å²) in [6.45, 7) is 1.96. The van der Waals surface area contributed by atoms with Gasteiger partial charge in [0, 0.05) is 6.42 Å². The Labute approximate surface area is 98.8 Å². The van der Waals surface area contributed by atoms with Crippen LogP contribution in [-0.2, 0) is 11.2 Å². The summed E-state index contributed by atoms with van der Waals surface area (Å²) < 4.78 is 5.52. The molecule has 1 aromatic rings. The lowest BCUT2D eigenvalue weighted by Gasteiger charge is -2.15. The van der Waals surface area contributed by atoms with E-state index in [0.29, 0.717) is 5.56 Å². The van der Waals surface area contributed by atoms with Crippen LogP contribution in [0.4, 0.5) is 0 Å². The summed E-state index contributed by atoms with van der Waals surface area (Å²) in [5.74, 6) is -0.431. The fraction of sp³-hybridized carbons (Fsp3) is 0.417. The number of nitrogens with two attached hydrogens (primary N) is 1. The Bertz CT molecular complexity index is 446. The molecule has 1 aromatic carbocycles. The van der Waals surface area contributed by atoms with E-state index in [0.717, 1.165) is 17.7 Å². The summed E-state index contributed by atoms with van der Waals surface area (Å²) in [4.78, 5) is 10.7. The Morgan fingerprint density at radius 1 is 1.59 bits per heavy atom. The van der Waals surface area contributed by atoms with Crippen molar-refractivity contribution in [1.29, 1.82) is 0 Å². The Kier molecular flexibility index (Phi) is 3.04. The van der Waals surface area contributed by atoms with Crippen molar-refractivity contribution in [1.82, 2.24) is 0 Å². The number of carboxylic acid groups (broad SMARTS) is 1. The van der Waals surface area contributed by atoms with Gasteiger partial charge in [-0.15, -0.1) is 0 Å². The Hall–Kier alpha value is -1.59. The van der Waals surface area contributed by atoms with Gasteiger partial charge in [-0.05, 0) is 30.2 Å². The number of aliphatic hydroxyl groups is 1. The molecule has 0 aromatic heterocycles. The van der Waals surface area contributed by atoms with Gasteiger partial charge in [0.1, 0.15) is 24.0 Å². The quantitative estimate of drug-likeness (QED) is 0.710. The molecule has 0 bridgehead atoms. The fourth-order valence-electron chi connectivity index (χ4n) is 1.97. The van der Waals surface area contributed by atoms with Crippen molar-refractivity contribution in [2.24, 2.45) is 5.73 Å². The van der Waals surface area contributed by atoms with E-state index in [9.17, 15) is 9.90 Å². The van der Waals surface area contributed by atoms with Gasteiger partial charge in [0.05, 0.1) is 0 Å². The molecule has 0 saturated heterocycles. The summed E-state index contributed by atoms with van der Waals surface area (Å²) >= 11 is 0. The number of carbonyl (C=O) groups is 1. The largest absolute Gasteiger partial charge is 0.490 e. The molecule has 3 unspecified atom stereocenters. The minimum Gasteiger partial charge on any atom is -0.490 e. The smallest absolute Gasteiger partial charge is 0.323 e. The molecular weight excluding hydrogens is 222 g/mol. The van der Waals surface area contributed by atoms with Gasteiger partial charge >= 0.3 is 5.97 Å². The van der Waals surface area contributed by atoms with Crippen molar-refractivity contribution in [3.63, 3.8) is 0 Å². The number of fused-ring (bicyclic) bond motifs is 1. The first-order valence-corrected chi connectivity index (χ1v) is 5.45. The van der Waals surface area contributed by atoms with Gasteiger partial charge in [-0.1, -0.05) is 6.07 Å². The maximum absolute atomic E-state index is 10.7. The van der Waals surface area contributed by atoms with Crippen LogP contribution >= 0.6 is 0 Å². The van der Waals surface area contributed by atoms with Gasteiger partial charge in [0.25, 0.3) is 0 Å². The van der Waals surface area contributed by atoms with Crippen LogP contribution < -0.4 is 10.5 Å². The molecule has 0 amide bonds. The fourth-order valence-corrected chi connectivity index (χ4v) is 1.97. The summed E-state index contributed by atoms with van der Waals surface area (Å²) in [5, 5.41) is 18.5. The number of benzene rings is 1. The second-order valence-corrected chi connectivity index (χ2v) is 4.31. The van der Waals surface area contributed by atoms with Crippen molar-refractivity contribution in [2.75, 3.05) is 0 Å². The maximum atomic E-state index is 10.7. The highest BCUT2D eigenvalue weighted by Crippen LogP contribution is 2.31. The minimum absolute atomic E-state index is 0.116. The average molecular weight is 237 g/mol. The first-order valence-electron chi connectivity index (χ1n) is 5.45. The van der Waals surface area contributed by atoms with Crippen LogP contribution in [0.5, 0.6) is 5.75 Å². The highest BCUT2D eigenvalue weighted by atomic mass is 16.5. The second-order valence-electron chi connectivity index (χ2n) is 4.31. The molecule has 0 fully saturated rings. The summed E-state index contributed by atoms with van der Waals surface area (Å²) in [7, 11) is 0.